The molecular weight excluding hydrogens is 238 g/mol. The van der Waals surface area contributed by atoms with Gasteiger partial charge in [-0.2, -0.15) is 0 Å². The molecule has 0 radical (unpaired) electrons. The second-order valence-corrected chi connectivity index (χ2v) is 5.02. The van der Waals surface area contributed by atoms with Crippen LogP contribution in [0.15, 0.2) is 30.3 Å². The minimum atomic E-state index is 0.255. The van der Waals surface area contributed by atoms with E-state index in [1.165, 1.54) is 0 Å². The van der Waals surface area contributed by atoms with Gasteiger partial charge in [-0.3, -0.25) is 0 Å². The maximum Gasteiger partial charge on any atom is 0.119 e. The number of nitrogens with one attached hydrogen (secondary N) is 1. The summed E-state index contributed by atoms with van der Waals surface area (Å²) in [6.45, 7) is 9.75. The smallest absolute Gasteiger partial charge is 0.119 e. The molecule has 0 spiro atoms. The average molecular weight is 265 g/mol. The molecule has 0 heterocycles. The van der Waals surface area contributed by atoms with Gasteiger partial charge >= 0.3 is 0 Å². The van der Waals surface area contributed by atoms with Crippen LogP contribution in [0.1, 0.15) is 27.2 Å². The van der Waals surface area contributed by atoms with Crippen LogP contribution in [0.25, 0.3) is 0 Å². The summed E-state index contributed by atoms with van der Waals surface area (Å²) in [5.74, 6) is 1.41. The van der Waals surface area contributed by atoms with E-state index in [-0.39, 0.29) is 6.10 Å². The Kier molecular flexibility index (Phi) is 8.26. The lowest BCUT2D eigenvalue weighted by atomic mass is 10.1. The topological polar surface area (TPSA) is 30.5 Å². The third-order valence-corrected chi connectivity index (χ3v) is 2.94. The molecule has 1 unspecified atom stereocenters. The molecule has 108 valence electrons. The predicted molar refractivity (Wildman–Crippen MR) is 79.7 cm³/mol. The summed E-state index contributed by atoms with van der Waals surface area (Å²) in [5.41, 5.74) is 0. The van der Waals surface area contributed by atoms with Crippen molar-refractivity contribution in [3.63, 3.8) is 0 Å². The first-order valence-electron chi connectivity index (χ1n) is 7.24. The summed E-state index contributed by atoms with van der Waals surface area (Å²) in [6.07, 6.45) is 1.41. The van der Waals surface area contributed by atoms with Gasteiger partial charge in [0.05, 0.1) is 12.7 Å². The molecule has 1 atom stereocenters. The highest BCUT2D eigenvalue weighted by molar-refractivity contribution is 5.20. The number of ether oxygens (including phenoxy) is 2. The standard InChI is InChI=1S/C16H27NO2/c1-4-10-17-13-16(14(2)3)19-12-11-18-15-8-6-5-7-9-15/h5-9,14,16-17H,4,10-13H2,1-3H3. The largest absolute Gasteiger partial charge is 0.491 e. The van der Waals surface area contributed by atoms with Gasteiger partial charge in [0.2, 0.25) is 0 Å². The van der Waals surface area contributed by atoms with E-state index in [0.29, 0.717) is 19.1 Å². The van der Waals surface area contributed by atoms with Crippen molar-refractivity contribution in [2.45, 2.75) is 33.3 Å². The van der Waals surface area contributed by atoms with Crippen LogP contribution in [-0.2, 0) is 4.74 Å². The maximum absolute atomic E-state index is 5.88. The Bertz CT molecular complexity index is 314. The van der Waals surface area contributed by atoms with Crippen molar-refractivity contribution in [3.8, 4) is 5.75 Å². The molecule has 0 saturated carbocycles. The lowest BCUT2D eigenvalue weighted by Gasteiger charge is -2.22. The van der Waals surface area contributed by atoms with Crippen molar-refractivity contribution >= 4 is 0 Å². The van der Waals surface area contributed by atoms with Crippen molar-refractivity contribution in [3.05, 3.63) is 30.3 Å². The Hall–Kier alpha value is -1.06. The van der Waals surface area contributed by atoms with Crippen LogP contribution in [0, 0.1) is 5.92 Å². The summed E-state index contributed by atoms with van der Waals surface area (Å²) < 4.78 is 11.5. The molecule has 0 fully saturated rings. The van der Waals surface area contributed by atoms with Crippen LogP contribution >= 0.6 is 0 Å². The molecule has 0 amide bonds. The van der Waals surface area contributed by atoms with Gasteiger partial charge in [-0.25, -0.2) is 0 Å². The molecule has 0 aliphatic heterocycles. The summed E-state index contributed by atoms with van der Waals surface area (Å²) in [4.78, 5) is 0. The van der Waals surface area contributed by atoms with E-state index in [2.05, 4.69) is 26.1 Å². The molecule has 3 heteroatoms. The Labute approximate surface area is 117 Å². The quantitative estimate of drug-likeness (QED) is 0.659. The number of hydrogen-bond donors (Lipinski definition) is 1. The number of benzene rings is 1. The zero-order valence-electron chi connectivity index (χ0n) is 12.4. The predicted octanol–water partition coefficient (Wildman–Crippen LogP) is 3.11. The van der Waals surface area contributed by atoms with Gasteiger partial charge in [0, 0.05) is 6.54 Å². The Morgan fingerprint density at radius 1 is 1.11 bits per heavy atom. The summed E-state index contributed by atoms with van der Waals surface area (Å²) in [5, 5.41) is 3.41. The van der Waals surface area contributed by atoms with E-state index in [0.717, 1.165) is 25.3 Å². The monoisotopic (exact) mass is 265 g/mol. The zero-order chi connectivity index (χ0) is 13.9. The average Bonchev–Trinajstić information content (AvgIpc) is 2.42. The Balaban J connectivity index is 2.17. The summed E-state index contributed by atoms with van der Waals surface area (Å²) in [7, 11) is 0. The fourth-order valence-electron chi connectivity index (χ4n) is 1.78. The highest BCUT2D eigenvalue weighted by Crippen LogP contribution is 2.09. The molecular formula is C16H27NO2. The van der Waals surface area contributed by atoms with Crippen molar-refractivity contribution in [2.75, 3.05) is 26.3 Å². The van der Waals surface area contributed by atoms with Gasteiger partial charge in [-0.1, -0.05) is 39.0 Å². The van der Waals surface area contributed by atoms with Crippen LogP contribution in [-0.4, -0.2) is 32.4 Å². The van der Waals surface area contributed by atoms with Gasteiger partial charge in [0.25, 0.3) is 0 Å². The number of para-hydroxylation sites is 1. The zero-order valence-corrected chi connectivity index (χ0v) is 12.4. The molecule has 1 aromatic rings. The van der Waals surface area contributed by atoms with E-state index in [4.69, 9.17) is 9.47 Å². The van der Waals surface area contributed by atoms with Crippen LogP contribution in [0.2, 0.25) is 0 Å². The first-order valence-corrected chi connectivity index (χ1v) is 7.24. The first-order chi connectivity index (χ1) is 9.24. The van der Waals surface area contributed by atoms with Gasteiger partial charge in [0.15, 0.2) is 0 Å². The fraction of sp³-hybridized carbons (Fsp3) is 0.625. The van der Waals surface area contributed by atoms with E-state index in [1.807, 2.05) is 30.3 Å². The van der Waals surface area contributed by atoms with Gasteiger partial charge < -0.3 is 14.8 Å². The molecule has 3 nitrogen and oxygen atoms in total. The van der Waals surface area contributed by atoms with Crippen molar-refractivity contribution in [1.29, 1.82) is 0 Å². The van der Waals surface area contributed by atoms with Crippen molar-refractivity contribution in [2.24, 2.45) is 5.92 Å². The van der Waals surface area contributed by atoms with Crippen molar-refractivity contribution < 1.29 is 9.47 Å². The van der Waals surface area contributed by atoms with Gasteiger partial charge in [-0.05, 0) is 31.0 Å². The van der Waals surface area contributed by atoms with E-state index in [9.17, 15) is 0 Å². The summed E-state index contributed by atoms with van der Waals surface area (Å²) in [6, 6.07) is 9.85. The minimum absolute atomic E-state index is 0.255. The van der Waals surface area contributed by atoms with Crippen molar-refractivity contribution in [1.82, 2.24) is 5.32 Å². The SMILES string of the molecule is CCCNCC(OCCOc1ccccc1)C(C)C. The maximum atomic E-state index is 5.88. The third-order valence-electron chi connectivity index (χ3n) is 2.94. The van der Waals surface area contributed by atoms with Crippen LogP contribution in [0.3, 0.4) is 0 Å². The normalized spacial score (nSPS) is 12.6. The lowest BCUT2D eigenvalue weighted by Crippen LogP contribution is -2.34. The molecule has 0 aromatic heterocycles. The lowest BCUT2D eigenvalue weighted by molar-refractivity contribution is 0.00805. The molecule has 0 saturated heterocycles. The van der Waals surface area contributed by atoms with E-state index >= 15 is 0 Å². The van der Waals surface area contributed by atoms with Crippen LogP contribution in [0.4, 0.5) is 0 Å². The molecule has 19 heavy (non-hydrogen) atoms. The fourth-order valence-corrected chi connectivity index (χ4v) is 1.78. The van der Waals surface area contributed by atoms with Gasteiger partial charge in [-0.15, -0.1) is 0 Å². The van der Waals surface area contributed by atoms with E-state index in [1.54, 1.807) is 0 Å². The highest BCUT2D eigenvalue weighted by atomic mass is 16.5. The Morgan fingerprint density at radius 3 is 2.47 bits per heavy atom. The van der Waals surface area contributed by atoms with E-state index < -0.39 is 0 Å². The molecule has 0 aliphatic rings. The van der Waals surface area contributed by atoms with Crippen LogP contribution < -0.4 is 10.1 Å². The molecule has 1 aromatic carbocycles. The first kappa shape index (κ1) is 16.0. The van der Waals surface area contributed by atoms with Gasteiger partial charge in [0.1, 0.15) is 12.4 Å². The number of hydrogen-bond acceptors (Lipinski definition) is 3. The third kappa shape index (κ3) is 7.19. The summed E-state index contributed by atoms with van der Waals surface area (Å²) >= 11 is 0. The Morgan fingerprint density at radius 2 is 1.84 bits per heavy atom. The minimum Gasteiger partial charge on any atom is -0.491 e. The second kappa shape index (κ2) is 9.82. The molecule has 0 aliphatic carbocycles. The number of rotatable bonds is 10. The second-order valence-electron chi connectivity index (χ2n) is 5.02. The highest BCUT2D eigenvalue weighted by Gasteiger charge is 2.13. The molecule has 1 N–H and O–H groups in total. The molecule has 0 bridgehead atoms. The molecule has 1 rings (SSSR count). The van der Waals surface area contributed by atoms with Crippen LogP contribution in [0.5, 0.6) is 5.75 Å².